The predicted molar refractivity (Wildman–Crippen MR) is 91.2 cm³/mol. The van der Waals surface area contributed by atoms with Gasteiger partial charge in [-0.15, -0.1) is 0 Å². The molecule has 1 amide bonds. The van der Waals surface area contributed by atoms with Crippen molar-refractivity contribution in [1.29, 1.82) is 0 Å². The Bertz CT molecular complexity index is 700. The molecule has 0 saturated heterocycles. The molecule has 2 heterocycles. The summed E-state index contributed by atoms with van der Waals surface area (Å²) in [6.45, 7) is 2.83. The molecule has 1 aromatic heterocycles. The molecule has 3 rings (SSSR count). The van der Waals surface area contributed by atoms with Crippen molar-refractivity contribution in [3.05, 3.63) is 48.2 Å². The van der Waals surface area contributed by atoms with Gasteiger partial charge in [0.2, 0.25) is 11.8 Å². The molecule has 2 aromatic rings. The van der Waals surface area contributed by atoms with Crippen molar-refractivity contribution in [2.75, 3.05) is 30.5 Å². The average Bonchev–Trinajstić information content (AvgIpc) is 3.04. The summed E-state index contributed by atoms with van der Waals surface area (Å²) in [7, 11) is 3.36. The van der Waals surface area contributed by atoms with Gasteiger partial charge in [-0.3, -0.25) is 4.79 Å². The zero-order valence-electron chi connectivity index (χ0n) is 13.7. The zero-order chi connectivity index (χ0) is 16.4. The van der Waals surface area contributed by atoms with E-state index in [-0.39, 0.29) is 11.9 Å². The van der Waals surface area contributed by atoms with E-state index in [4.69, 9.17) is 4.74 Å². The van der Waals surface area contributed by atoms with Gasteiger partial charge in [0.1, 0.15) is 6.04 Å². The monoisotopic (exact) mass is 311 g/mol. The molecule has 5 nitrogen and oxygen atoms in total. The number of carbonyl (C=O) groups excluding carboxylic acids is 1. The molecule has 23 heavy (non-hydrogen) atoms. The van der Waals surface area contributed by atoms with Gasteiger partial charge in [0, 0.05) is 25.3 Å². The number of ether oxygens (including phenoxy) is 1. The van der Waals surface area contributed by atoms with Crippen LogP contribution in [0, 0.1) is 0 Å². The number of hydrogen-bond acceptors (Lipinski definition) is 4. The van der Waals surface area contributed by atoms with E-state index in [0.29, 0.717) is 5.88 Å². The van der Waals surface area contributed by atoms with Crippen molar-refractivity contribution in [2.45, 2.75) is 19.4 Å². The van der Waals surface area contributed by atoms with Gasteiger partial charge in [0.05, 0.1) is 19.0 Å². The van der Waals surface area contributed by atoms with E-state index in [0.717, 1.165) is 24.3 Å². The molecule has 0 radical (unpaired) electrons. The number of aromatic nitrogens is 1. The molecule has 1 aromatic carbocycles. The highest BCUT2D eigenvalue weighted by atomic mass is 16.5. The van der Waals surface area contributed by atoms with Crippen LogP contribution in [0.4, 0.5) is 11.4 Å². The van der Waals surface area contributed by atoms with Crippen LogP contribution in [0.3, 0.4) is 0 Å². The van der Waals surface area contributed by atoms with Gasteiger partial charge in [-0.2, -0.15) is 0 Å². The molecule has 0 N–H and O–H groups in total. The van der Waals surface area contributed by atoms with Crippen LogP contribution >= 0.6 is 0 Å². The number of rotatable bonds is 4. The van der Waals surface area contributed by atoms with Gasteiger partial charge >= 0.3 is 0 Å². The lowest BCUT2D eigenvalue weighted by Gasteiger charge is -2.30. The number of pyridine rings is 1. The Kier molecular flexibility index (Phi) is 4.19. The maximum Gasteiger partial charge on any atom is 0.249 e. The lowest BCUT2D eigenvalue weighted by molar-refractivity contribution is -0.119. The van der Waals surface area contributed by atoms with Crippen LogP contribution in [0.5, 0.6) is 5.88 Å². The molecule has 1 atom stereocenters. The van der Waals surface area contributed by atoms with Crippen LogP contribution in [0.1, 0.15) is 12.5 Å². The van der Waals surface area contributed by atoms with Crippen molar-refractivity contribution in [2.24, 2.45) is 0 Å². The summed E-state index contributed by atoms with van der Waals surface area (Å²) in [5.74, 6) is 0.588. The number of amides is 1. The molecule has 0 spiro atoms. The first-order chi connectivity index (χ1) is 11.1. The third kappa shape index (κ3) is 2.86. The van der Waals surface area contributed by atoms with Gasteiger partial charge in [-0.25, -0.2) is 4.98 Å². The maximum atomic E-state index is 12.8. The molecule has 1 aliphatic rings. The zero-order valence-corrected chi connectivity index (χ0v) is 13.7. The number of carbonyl (C=O) groups is 1. The van der Waals surface area contributed by atoms with Crippen molar-refractivity contribution in [1.82, 2.24) is 4.98 Å². The molecule has 0 bridgehead atoms. The van der Waals surface area contributed by atoms with Crippen LogP contribution in [-0.2, 0) is 11.2 Å². The minimum absolute atomic E-state index is 0.0497. The smallest absolute Gasteiger partial charge is 0.249 e. The van der Waals surface area contributed by atoms with Gasteiger partial charge in [0.25, 0.3) is 0 Å². The second kappa shape index (κ2) is 6.28. The van der Waals surface area contributed by atoms with E-state index in [1.807, 2.05) is 25.1 Å². The van der Waals surface area contributed by atoms with E-state index in [2.05, 4.69) is 22.0 Å². The van der Waals surface area contributed by atoms with Crippen LogP contribution in [0.25, 0.3) is 0 Å². The van der Waals surface area contributed by atoms with Gasteiger partial charge < -0.3 is 14.5 Å². The minimum Gasteiger partial charge on any atom is -0.481 e. The number of fused-ring (bicyclic) bond motifs is 1. The van der Waals surface area contributed by atoms with Crippen LogP contribution in [0.15, 0.2) is 42.6 Å². The number of nitrogens with zero attached hydrogens (tertiary/aromatic N) is 3. The Balaban J connectivity index is 1.77. The second-order valence-electron chi connectivity index (χ2n) is 5.70. The fraction of sp³-hybridized carbons (Fsp3) is 0.333. The summed E-state index contributed by atoms with van der Waals surface area (Å²) in [6, 6.07) is 11.7. The van der Waals surface area contributed by atoms with Crippen LogP contribution in [0.2, 0.25) is 0 Å². The first-order valence-corrected chi connectivity index (χ1v) is 7.74. The van der Waals surface area contributed by atoms with Crippen molar-refractivity contribution in [3.63, 3.8) is 0 Å². The SMILES string of the molecule is COc1ccc(N(C)C(=O)C(C)N2CCc3ccccc32)cn1. The Morgan fingerprint density at radius 3 is 2.78 bits per heavy atom. The lowest BCUT2D eigenvalue weighted by atomic mass is 10.1. The fourth-order valence-electron chi connectivity index (χ4n) is 3.00. The molecular formula is C18H21N3O2. The summed E-state index contributed by atoms with van der Waals surface area (Å²) in [5, 5.41) is 0. The Labute approximate surface area is 136 Å². The standard InChI is InChI=1S/C18H21N3O2/c1-13(21-11-10-14-6-4-5-7-16(14)21)18(22)20(2)15-8-9-17(23-3)19-12-15/h4-9,12-13H,10-11H2,1-3H3. The first-order valence-electron chi connectivity index (χ1n) is 7.74. The summed E-state index contributed by atoms with van der Waals surface area (Å²) >= 11 is 0. The molecule has 0 fully saturated rings. The van der Waals surface area contributed by atoms with E-state index in [1.165, 1.54) is 5.56 Å². The minimum atomic E-state index is -0.217. The van der Waals surface area contributed by atoms with Crippen LogP contribution in [-0.4, -0.2) is 37.6 Å². The molecule has 120 valence electrons. The summed E-state index contributed by atoms with van der Waals surface area (Å²) in [6.07, 6.45) is 2.64. The summed E-state index contributed by atoms with van der Waals surface area (Å²) < 4.78 is 5.05. The molecule has 1 aliphatic heterocycles. The third-order valence-corrected chi connectivity index (χ3v) is 4.40. The maximum absolute atomic E-state index is 12.8. The summed E-state index contributed by atoms with van der Waals surface area (Å²) in [5.41, 5.74) is 3.23. The van der Waals surface area contributed by atoms with E-state index >= 15 is 0 Å². The number of para-hydroxylation sites is 1. The Hall–Kier alpha value is -2.56. The van der Waals surface area contributed by atoms with E-state index < -0.39 is 0 Å². The third-order valence-electron chi connectivity index (χ3n) is 4.40. The number of benzene rings is 1. The molecular weight excluding hydrogens is 290 g/mol. The number of hydrogen-bond donors (Lipinski definition) is 0. The van der Waals surface area contributed by atoms with E-state index in [9.17, 15) is 4.79 Å². The van der Waals surface area contributed by atoms with Gasteiger partial charge in [-0.1, -0.05) is 18.2 Å². The Morgan fingerprint density at radius 1 is 1.30 bits per heavy atom. The molecule has 0 saturated carbocycles. The van der Waals surface area contributed by atoms with Crippen molar-refractivity contribution >= 4 is 17.3 Å². The number of likely N-dealkylation sites (N-methyl/N-ethyl adjacent to an activating group) is 1. The second-order valence-corrected chi connectivity index (χ2v) is 5.70. The Morgan fingerprint density at radius 2 is 2.09 bits per heavy atom. The van der Waals surface area contributed by atoms with Crippen molar-refractivity contribution < 1.29 is 9.53 Å². The molecule has 1 unspecified atom stereocenters. The van der Waals surface area contributed by atoms with Gasteiger partial charge in [-0.05, 0) is 31.0 Å². The quantitative estimate of drug-likeness (QED) is 0.870. The number of methoxy groups -OCH3 is 1. The summed E-state index contributed by atoms with van der Waals surface area (Å²) in [4.78, 5) is 20.8. The van der Waals surface area contributed by atoms with Crippen LogP contribution < -0.4 is 14.5 Å². The van der Waals surface area contributed by atoms with E-state index in [1.54, 1.807) is 31.3 Å². The topological polar surface area (TPSA) is 45.7 Å². The highest BCUT2D eigenvalue weighted by Crippen LogP contribution is 2.30. The first kappa shape index (κ1) is 15.3. The lowest BCUT2D eigenvalue weighted by Crippen LogP contribution is -2.45. The normalized spacial score (nSPS) is 14.3. The number of anilines is 2. The molecule has 0 aliphatic carbocycles. The predicted octanol–water partition coefficient (Wildman–Crippen LogP) is 2.50. The largest absolute Gasteiger partial charge is 0.481 e. The highest BCUT2D eigenvalue weighted by Gasteiger charge is 2.29. The molecule has 5 heteroatoms. The average molecular weight is 311 g/mol. The fourth-order valence-corrected chi connectivity index (χ4v) is 3.00. The highest BCUT2D eigenvalue weighted by molar-refractivity contribution is 5.98. The van der Waals surface area contributed by atoms with Gasteiger partial charge in [0.15, 0.2) is 0 Å². The van der Waals surface area contributed by atoms with Crippen molar-refractivity contribution in [3.8, 4) is 5.88 Å².